The number of nitrogens with one attached hydrogen (secondary N) is 2. The van der Waals surface area contributed by atoms with Gasteiger partial charge in [-0.15, -0.1) is 0 Å². The van der Waals surface area contributed by atoms with E-state index in [-0.39, 0.29) is 17.3 Å². The van der Waals surface area contributed by atoms with E-state index in [1.807, 2.05) is 0 Å². The van der Waals surface area contributed by atoms with Crippen molar-refractivity contribution in [3.8, 4) is 0 Å². The Morgan fingerprint density at radius 1 is 1.21 bits per heavy atom. The smallest absolute Gasteiger partial charge is 0.338 e. The summed E-state index contributed by atoms with van der Waals surface area (Å²) >= 11 is 0. The van der Waals surface area contributed by atoms with Crippen molar-refractivity contribution in [1.82, 2.24) is 10.6 Å². The van der Waals surface area contributed by atoms with Gasteiger partial charge in [-0.25, -0.2) is 9.59 Å². The van der Waals surface area contributed by atoms with Crippen molar-refractivity contribution < 1.29 is 24.0 Å². The third kappa shape index (κ3) is 5.93. The Labute approximate surface area is 162 Å². The molecule has 28 heavy (non-hydrogen) atoms. The number of carbonyl (C=O) groups is 3. The Kier molecular flexibility index (Phi) is 7.30. The highest BCUT2D eigenvalue weighted by atomic mass is 16.6. The van der Waals surface area contributed by atoms with E-state index in [1.54, 1.807) is 19.0 Å². The number of urea groups is 1. The van der Waals surface area contributed by atoms with E-state index < -0.39 is 29.4 Å². The first-order valence-corrected chi connectivity index (χ1v) is 9.01. The zero-order valence-electron chi connectivity index (χ0n) is 15.9. The van der Waals surface area contributed by atoms with Crippen LogP contribution in [0.25, 0.3) is 0 Å². The Balaban J connectivity index is 1.87. The maximum absolute atomic E-state index is 12.1. The molecule has 3 amide bonds. The average Bonchev–Trinajstić information content (AvgIpc) is 2.66. The second-order valence-corrected chi connectivity index (χ2v) is 6.79. The van der Waals surface area contributed by atoms with E-state index in [0.717, 1.165) is 38.2 Å². The lowest BCUT2D eigenvalue weighted by molar-refractivity contribution is -0.384. The van der Waals surface area contributed by atoms with Gasteiger partial charge in [0.25, 0.3) is 11.6 Å². The number of nitrogens with zero attached hydrogens (tertiary/aromatic N) is 2. The van der Waals surface area contributed by atoms with Gasteiger partial charge in [0.1, 0.15) is 5.69 Å². The number of hydrogen-bond donors (Lipinski definition) is 2. The third-order valence-corrected chi connectivity index (χ3v) is 4.42. The molecule has 10 nitrogen and oxygen atoms in total. The third-order valence-electron chi connectivity index (χ3n) is 4.42. The summed E-state index contributed by atoms with van der Waals surface area (Å²) in [5.74, 6) is -1.67. The van der Waals surface area contributed by atoms with Gasteiger partial charge in [0, 0.05) is 26.2 Å². The van der Waals surface area contributed by atoms with Gasteiger partial charge in [-0.1, -0.05) is 19.3 Å². The number of nitro benzene ring substituents is 1. The number of nitro groups is 1. The highest BCUT2D eigenvalue weighted by Crippen LogP contribution is 2.27. The molecule has 0 spiro atoms. The molecule has 0 bridgehead atoms. The van der Waals surface area contributed by atoms with Crippen LogP contribution in [-0.4, -0.2) is 49.6 Å². The van der Waals surface area contributed by atoms with Crippen LogP contribution < -0.4 is 15.5 Å². The van der Waals surface area contributed by atoms with Crippen LogP contribution >= 0.6 is 0 Å². The Bertz CT molecular complexity index is 758. The second-order valence-electron chi connectivity index (χ2n) is 6.79. The number of esters is 1. The first kappa shape index (κ1) is 21.1. The molecule has 0 atom stereocenters. The summed E-state index contributed by atoms with van der Waals surface area (Å²) < 4.78 is 4.85. The summed E-state index contributed by atoms with van der Waals surface area (Å²) in [6.07, 6.45) is 4.96. The van der Waals surface area contributed by atoms with Crippen molar-refractivity contribution in [2.45, 2.75) is 38.1 Å². The number of carbonyl (C=O) groups excluding carboxylic acids is 3. The summed E-state index contributed by atoms with van der Waals surface area (Å²) in [6, 6.07) is 3.30. The predicted molar refractivity (Wildman–Crippen MR) is 101 cm³/mol. The fourth-order valence-corrected chi connectivity index (χ4v) is 3.02. The minimum atomic E-state index is -0.892. The van der Waals surface area contributed by atoms with Gasteiger partial charge >= 0.3 is 12.0 Å². The molecule has 152 valence electrons. The molecule has 0 heterocycles. The first-order valence-electron chi connectivity index (χ1n) is 9.01. The van der Waals surface area contributed by atoms with E-state index in [2.05, 4.69) is 10.6 Å². The normalized spacial score (nSPS) is 14.1. The summed E-state index contributed by atoms with van der Waals surface area (Å²) in [6.45, 7) is -0.667. The molecule has 2 N–H and O–H groups in total. The van der Waals surface area contributed by atoms with Gasteiger partial charge in [-0.05, 0) is 25.0 Å². The van der Waals surface area contributed by atoms with Crippen LogP contribution in [0.1, 0.15) is 42.5 Å². The molecule has 1 aromatic carbocycles. The molecule has 0 unspecified atom stereocenters. The molecule has 0 radical (unpaired) electrons. The molecular weight excluding hydrogens is 368 g/mol. The minimum absolute atomic E-state index is 0.0415. The Hall–Kier alpha value is -3.17. The van der Waals surface area contributed by atoms with Gasteiger partial charge in [-0.3, -0.25) is 20.2 Å². The van der Waals surface area contributed by atoms with E-state index in [0.29, 0.717) is 5.69 Å². The van der Waals surface area contributed by atoms with Crippen molar-refractivity contribution in [1.29, 1.82) is 0 Å². The zero-order valence-corrected chi connectivity index (χ0v) is 15.9. The molecule has 10 heteroatoms. The molecule has 1 fully saturated rings. The van der Waals surface area contributed by atoms with Gasteiger partial charge in [-0.2, -0.15) is 0 Å². The van der Waals surface area contributed by atoms with Crippen LogP contribution in [0.4, 0.5) is 16.2 Å². The molecular formula is C18H24N4O6. The number of ether oxygens (including phenoxy) is 1. The average molecular weight is 392 g/mol. The van der Waals surface area contributed by atoms with Crippen LogP contribution in [0.2, 0.25) is 0 Å². The number of anilines is 1. The maximum atomic E-state index is 12.1. The van der Waals surface area contributed by atoms with Crippen LogP contribution in [0.5, 0.6) is 0 Å². The van der Waals surface area contributed by atoms with E-state index in [9.17, 15) is 24.5 Å². The van der Waals surface area contributed by atoms with Crippen LogP contribution in [0.3, 0.4) is 0 Å². The van der Waals surface area contributed by atoms with Gasteiger partial charge in [0.15, 0.2) is 6.61 Å². The SMILES string of the molecule is CN(C)c1ccc(C(=O)OCC(=O)NC(=O)NC2CCCCC2)cc1[N+](=O)[O-]. The largest absolute Gasteiger partial charge is 0.452 e. The number of amides is 3. The highest BCUT2D eigenvalue weighted by molar-refractivity contribution is 5.97. The maximum Gasteiger partial charge on any atom is 0.338 e. The van der Waals surface area contributed by atoms with Crippen molar-refractivity contribution in [3.05, 3.63) is 33.9 Å². The second kappa shape index (κ2) is 9.67. The fraction of sp³-hybridized carbons (Fsp3) is 0.500. The predicted octanol–water partition coefficient (Wildman–Crippen LogP) is 1.98. The van der Waals surface area contributed by atoms with E-state index in [4.69, 9.17) is 4.74 Å². The number of benzene rings is 1. The van der Waals surface area contributed by atoms with Crippen LogP contribution in [0.15, 0.2) is 18.2 Å². The number of hydrogen-bond acceptors (Lipinski definition) is 7. The van der Waals surface area contributed by atoms with Crippen molar-refractivity contribution in [3.63, 3.8) is 0 Å². The monoisotopic (exact) mass is 392 g/mol. The standard InChI is InChI=1S/C18H24N4O6/c1-21(2)14-9-8-12(10-15(14)22(26)27)17(24)28-11-16(23)20-18(25)19-13-6-4-3-5-7-13/h8-10,13H,3-7,11H2,1-2H3,(H2,19,20,23,25). The van der Waals surface area contributed by atoms with Crippen LogP contribution in [-0.2, 0) is 9.53 Å². The zero-order chi connectivity index (χ0) is 20.7. The molecule has 1 aliphatic carbocycles. The fourth-order valence-electron chi connectivity index (χ4n) is 3.02. The number of imide groups is 1. The van der Waals surface area contributed by atoms with Crippen molar-refractivity contribution >= 4 is 29.3 Å². The molecule has 2 rings (SSSR count). The Morgan fingerprint density at radius 2 is 1.89 bits per heavy atom. The summed E-state index contributed by atoms with van der Waals surface area (Å²) in [5.41, 5.74) is 0.0196. The minimum Gasteiger partial charge on any atom is -0.452 e. The lowest BCUT2D eigenvalue weighted by Gasteiger charge is -2.22. The molecule has 1 aromatic rings. The summed E-state index contributed by atoms with van der Waals surface area (Å²) in [4.78, 5) is 47.8. The lowest BCUT2D eigenvalue weighted by Crippen LogP contribution is -2.46. The highest BCUT2D eigenvalue weighted by Gasteiger charge is 2.21. The van der Waals surface area contributed by atoms with Gasteiger partial charge in [0.05, 0.1) is 10.5 Å². The number of rotatable bonds is 6. The van der Waals surface area contributed by atoms with E-state index in [1.165, 1.54) is 12.1 Å². The molecule has 1 saturated carbocycles. The van der Waals surface area contributed by atoms with Crippen LogP contribution in [0, 0.1) is 10.1 Å². The molecule has 0 aromatic heterocycles. The first-order chi connectivity index (χ1) is 13.3. The topological polar surface area (TPSA) is 131 Å². The Morgan fingerprint density at radius 3 is 2.50 bits per heavy atom. The van der Waals surface area contributed by atoms with Crippen molar-refractivity contribution in [2.75, 3.05) is 25.6 Å². The van der Waals surface area contributed by atoms with Gasteiger partial charge < -0.3 is 15.0 Å². The lowest BCUT2D eigenvalue weighted by atomic mass is 9.96. The summed E-state index contributed by atoms with van der Waals surface area (Å²) in [7, 11) is 3.28. The van der Waals surface area contributed by atoms with E-state index >= 15 is 0 Å². The molecule has 1 aliphatic rings. The quantitative estimate of drug-likeness (QED) is 0.430. The van der Waals surface area contributed by atoms with Gasteiger partial charge in [0.2, 0.25) is 0 Å². The molecule has 0 saturated heterocycles. The van der Waals surface area contributed by atoms with Crippen molar-refractivity contribution in [2.24, 2.45) is 0 Å². The summed E-state index contributed by atoms with van der Waals surface area (Å²) in [5, 5.41) is 16.0. The molecule has 0 aliphatic heterocycles.